The van der Waals surface area contributed by atoms with Gasteiger partial charge >= 0.3 is 10.2 Å². The lowest BCUT2D eigenvalue weighted by atomic mass is 10.3. The third-order valence-corrected chi connectivity index (χ3v) is 1.82. The molecular formula is C5H11FO3S. The summed E-state index contributed by atoms with van der Waals surface area (Å²) in [6.07, 6.45) is 1.38. The number of rotatable bonds is 5. The number of hydrogen-bond acceptors (Lipinski definition) is 3. The number of aliphatic hydroxyl groups excluding tert-OH is 1. The quantitative estimate of drug-likeness (QED) is 0.481. The Labute approximate surface area is 60.1 Å². The highest BCUT2D eigenvalue weighted by Gasteiger charge is 2.04. The number of hydrogen-bond donors (Lipinski definition) is 1. The van der Waals surface area contributed by atoms with Crippen LogP contribution in [0.5, 0.6) is 0 Å². The second-order valence-electron chi connectivity index (χ2n) is 2.03. The Morgan fingerprint density at radius 2 is 1.80 bits per heavy atom. The Kier molecular flexibility index (Phi) is 4.55. The molecule has 0 saturated carbocycles. The molecule has 3 nitrogen and oxygen atoms in total. The van der Waals surface area contributed by atoms with Crippen molar-refractivity contribution in [2.45, 2.75) is 19.3 Å². The second-order valence-corrected chi connectivity index (χ2v) is 3.51. The zero-order valence-electron chi connectivity index (χ0n) is 5.59. The van der Waals surface area contributed by atoms with E-state index in [9.17, 15) is 12.3 Å². The molecule has 5 heteroatoms. The molecule has 0 rings (SSSR count). The summed E-state index contributed by atoms with van der Waals surface area (Å²) in [6.45, 7) is 0.0341. The smallest absolute Gasteiger partial charge is 0.302 e. The first-order valence-electron chi connectivity index (χ1n) is 3.09. The van der Waals surface area contributed by atoms with Crippen molar-refractivity contribution in [2.24, 2.45) is 0 Å². The summed E-state index contributed by atoms with van der Waals surface area (Å²) in [7, 11) is -4.29. The highest BCUT2D eigenvalue weighted by Crippen LogP contribution is 1.99. The van der Waals surface area contributed by atoms with Crippen molar-refractivity contribution < 1.29 is 17.4 Å². The Morgan fingerprint density at radius 3 is 2.20 bits per heavy atom. The van der Waals surface area contributed by atoms with Crippen molar-refractivity contribution in [1.82, 2.24) is 0 Å². The average molecular weight is 170 g/mol. The lowest BCUT2D eigenvalue weighted by Crippen LogP contribution is -1.98. The number of halogens is 1. The second kappa shape index (κ2) is 4.62. The Hall–Kier alpha value is -0.160. The highest BCUT2D eigenvalue weighted by atomic mass is 32.3. The molecule has 0 unspecified atom stereocenters. The van der Waals surface area contributed by atoms with Crippen LogP contribution in [0.1, 0.15) is 19.3 Å². The van der Waals surface area contributed by atoms with E-state index in [0.29, 0.717) is 19.3 Å². The Morgan fingerprint density at radius 1 is 1.20 bits per heavy atom. The first-order valence-corrected chi connectivity index (χ1v) is 4.65. The van der Waals surface area contributed by atoms with Gasteiger partial charge in [-0.25, -0.2) is 0 Å². The summed E-state index contributed by atoms with van der Waals surface area (Å²) in [5.41, 5.74) is 0. The first kappa shape index (κ1) is 9.84. The van der Waals surface area contributed by atoms with E-state index >= 15 is 0 Å². The van der Waals surface area contributed by atoms with E-state index in [1.165, 1.54) is 0 Å². The van der Waals surface area contributed by atoms with Crippen molar-refractivity contribution >= 4 is 10.2 Å². The largest absolute Gasteiger partial charge is 0.396 e. The van der Waals surface area contributed by atoms with E-state index in [1.54, 1.807) is 0 Å². The van der Waals surface area contributed by atoms with Gasteiger partial charge in [0.2, 0.25) is 0 Å². The van der Waals surface area contributed by atoms with Gasteiger partial charge in [0.1, 0.15) is 0 Å². The first-order chi connectivity index (χ1) is 4.56. The zero-order chi connectivity index (χ0) is 8.04. The molecule has 0 saturated heterocycles. The van der Waals surface area contributed by atoms with Gasteiger partial charge in [0.05, 0.1) is 5.75 Å². The van der Waals surface area contributed by atoms with Gasteiger partial charge in [-0.15, -0.1) is 3.89 Å². The van der Waals surface area contributed by atoms with Crippen LogP contribution in [0, 0.1) is 0 Å². The summed E-state index contributed by atoms with van der Waals surface area (Å²) in [5.74, 6) is -0.424. The average Bonchev–Trinajstić information content (AvgIpc) is 1.78. The molecule has 0 radical (unpaired) electrons. The molecule has 0 fully saturated rings. The van der Waals surface area contributed by atoms with E-state index in [4.69, 9.17) is 5.11 Å². The lowest BCUT2D eigenvalue weighted by Gasteiger charge is -1.93. The minimum Gasteiger partial charge on any atom is -0.396 e. The minimum absolute atomic E-state index is 0.0341. The summed E-state index contributed by atoms with van der Waals surface area (Å²) in [4.78, 5) is 0. The fourth-order valence-corrected chi connectivity index (χ4v) is 1.11. The van der Waals surface area contributed by atoms with Crippen molar-refractivity contribution in [2.75, 3.05) is 12.4 Å². The van der Waals surface area contributed by atoms with Crippen LogP contribution in [0.2, 0.25) is 0 Å². The van der Waals surface area contributed by atoms with E-state index in [0.717, 1.165) is 0 Å². The molecule has 0 aliphatic heterocycles. The van der Waals surface area contributed by atoms with Gasteiger partial charge in [0.25, 0.3) is 0 Å². The van der Waals surface area contributed by atoms with Crippen molar-refractivity contribution in [3.63, 3.8) is 0 Å². The van der Waals surface area contributed by atoms with Gasteiger partial charge in [0.15, 0.2) is 0 Å². The number of aliphatic hydroxyl groups is 1. The molecule has 0 aromatic rings. The molecule has 0 aliphatic rings. The topological polar surface area (TPSA) is 54.4 Å². The fourth-order valence-electron chi connectivity index (χ4n) is 0.563. The molecule has 0 aromatic heterocycles. The maximum Gasteiger partial charge on any atom is 0.302 e. The molecular weight excluding hydrogens is 159 g/mol. The highest BCUT2D eigenvalue weighted by molar-refractivity contribution is 7.86. The molecule has 0 heterocycles. The monoisotopic (exact) mass is 170 g/mol. The predicted molar refractivity (Wildman–Crippen MR) is 35.8 cm³/mol. The van der Waals surface area contributed by atoms with Crippen LogP contribution in [0.3, 0.4) is 0 Å². The van der Waals surface area contributed by atoms with Crippen molar-refractivity contribution in [3.8, 4) is 0 Å². The molecule has 0 bridgehead atoms. The summed E-state index contributed by atoms with van der Waals surface area (Å²) >= 11 is 0. The number of unbranched alkanes of at least 4 members (excludes halogenated alkanes) is 2. The van der Waals surface area contributed by atoms with E-state index in [-0.39, 0.29) is 6.61 Å². The maximum absolute atomic E-state index is 11.7. The van der Waals surface area contributed by atoms with Crippen molar-refractivity contribution in [1.29, 1.82) is 0 Å². The van der Waals surface area contributed by atoms with Crippen molar-refractivity contribution in [3.05, 3.63) is 0 Å². The molecule has 0 spiro atoms. The van der Waals surface area contributed by atoms with Crippen LogP contribution in [0.25, 0.3) is 0 Å². The summed E-state index contributed by atoms with van der Waals surface area (Å²) in [5, 5.41) is 8.25. The molecule has 1 N–H and O–H groups in total. The van der Waals surface area contributed by atoms with Gasteiger partial charge < -0.3 is 5.11 Å². The van der Waals surface area contributed by atoms with Crippen LogP contribution < -0.4 is 0 Å². The van der Waals surface area contributed by atoms with Crippen LogP contribution in [-0.4, -0.2) is 25.9 Å². The third-order valence-electron chi connectivity index (χ3n) is 1.05. The normalized spacial score (nSPS) is 11.8. The third kappa shape index (κ3) is 7.84. The van der Waals surface area contributed by atoms with Crippen LogP contribution in [-0.2, 0) is 10.2 Å². The van der Waals surface area contributed by atoms with Crippen LogP contribution in [0.4, 0.5) is 3.89 Å². The van der Waals surface area contributed by atoms with Gasteiger partial charge in [-0.2, -0.15) is 8.42 Å². The van der Waals surface area contributed by atoms with E-state index < -0.39 is 16.0 Å². The van der Waals surface area contributed by atoms with Gasteiger partial charge in [0, 0.05) is 6.61 Å². The molecule has 0 amide bonds. The Bertz CT molecular complexity index is 164. The fraction of sp³-hybridized carbons (Fsp3) is 1.00. The molecule has 10 heavy (non-hydrogen) atoms. The van der Waals surface area contributed by atoms with Gasteiger partial charge in [-0.1, -0.05) is 6.42 Å². The molecule has 0 aromatic carbocycles. The molecule has 62 valence electrons. The van der Waals surface area contributed by atoms with E-state index in [2.05, 4.69) is 0 Å². The molecule has 0 aliphatic carbocycles. The van der Waals surface area contributed by atoms with Crippen LogP contribution >= 0.6 is 0 Å². The lowest BCUT2D eigenvalue weighted by molar-refractivity contribution is 0.284. The Balaban J connectivity index is 3.21. The minimum atomic E-state index is -4.29. The van der Waals surface area contributed by atoms with Gasteiger partial charge in [-0.3, -0.25) is 0 Å². The summed E-state index contributed by atoms with van der Waals surface area (Å²) < 4.78 is 31.5. The SMILES string of the molecule is O=S(=O)(F)CCCCCO. The molecule has 0 atom stereocenters. The van der Waals surface area contributed by atoms with Crippen LogP contribution in [0.15, 0.2) is 0 Å². The predicted octanol–water partition coefficient (Wildman–Crippen LogP) is 0.448. The summed E-state index contributed by atoms with van der Waals surface area (Å²) in [6, 6.07) is 0. The van der Waals surface area contributed by atoms with Gasteiger partial charge in [-0.05, 0) is 12.8 Å². The zero-order valence-corrected chi connectivity index (χ0v) is 6.40. The maximum atomic E-state index is 11.7. The van der Waals surface area contributed by atoms with E-state index in [1.807, 2.05) is 0 Å². The standard InChI is InChI=1S/C5H11FO3S/c6-10(8,9)5-3-1-2-4-7/h7H,1-5H2.